The van der Waals surface area contributed by atoms with E-state index in [9.17, 15) is 13.2 Å². The van der Waals surface area contributed by atoms with Crippen LogP contribution in [0.4, 0.5) is 0 Å². The van der Waals surface area contributed by atoms with Crippen molar-refractivity contribution in [2.24, 2.45) is 0 Å². The molecule has 1 aliphatic rings. The fourth-order valence-corrected chi connectivity index (χ4v) is 3.97. The van der Waals surface area contributed by atoms with E-state index >= 15 is 0 Å². The minimum atomic E-state index is -3.57. The monoisotopic (exact) mass is 378 g/mol. The molecule has 0 atom stereocenters. The number of carbonyl (C=O) groups is 1. The number of halogens is 1. The van der Waals surface area contributed by atoms with E-state index in [1.807, 2.05) is 18.2 Å². The van der Waals surface area contributed by atoms with Gasteiger partial charge in [-0.25, -0.2) is 13.1 Å². The van der Waals surface area contributed by atoms with Gasteiger partial charge in [0.15, 0.2) is 0 Å². The van der Waals surface area contributed by atoms with Gasteiger partial charge >= 0.3 is 0 Å². The standard InChI is InChI=1S/C18H19ClN2O3S/c19-15-5-1-3-13(11-15)9-10-20-18(22)14-4-2-6-17(12-14)25(23,24)21-16-7-8-16/h1-6,11-12,16,21H,7-10H2,(H,20,22). The Hall–Kier alpha value is -1.89. The van der Waals surface area contributed by atoms with Crippen LogP contribution in [0.25, 0.3) is 0 Å². The van der Waals surface area contributed by atoms with Crippen LogP contribution in [0.15, 0.2) is 53.4 Å². The SMILES string of the molecule is O=C(NCCc1cccc(Cl)c1)c1cccc(S(=O)(=O)NC2CC2)c1. The highest BCUT2D eigenvalue weighted by Crippen LogP contribution is 2.22. The summed E-state index contributed by atoms with van der Waals surface area (Å²) in [6.45, 7) is 0.441. The zero-order valence-electron chi connectivity index (χ0n) is 13.5. The van der Waals surface area contributed by atoms with E-state index in [-0.39, 0.29) is 16.8 Å². The first-order valence-electron chi connectivity index (χ1n) is 8.09. The summed E-state index contributed by atoms with van der Waals surface area (Å²) in [4.78, 5) is 12.4. The quantitative estimate of drug-likeness (QED) is 0.777. The van der Waals surface area contributed by atoms with Gasteiger partial charge in [0.25, 0.3) is 5.91 Å². The molecule has 5 nitrogen and oxygen atoms in total. The molecule has 0 radical (unpaired) electrons. The zero-order valence-corrected chi connectivity index (χ0v) is 15.1. The van der Waals surface area contributed by atoms with Crippen LogP contribution < -0.4 is 10.0 Å². The van der Waals surface area contributed by atoms with E-state index < -0.39 is 10.0 Å². The average Bonchev–Trinajstić information content (AvgIpc) is 3.38. The molecule has 1 fully saturated rings. The lowest BCUT2D eigenvalue weighted by atomic mass is 10.1. The van der Waals surface area contributed by atoms with Gasteiger partial charge in [-0.2, -0.15) is 0 Å². The number of sulfonamides is 1. The number of amides is 1. The van der Waals surface area contributed by atoms with Crippen LogP contribution in [-0.4, -0.2) is 26.9 Å². The molecular formula is C18H19ClN2O3S. The molecule has 1 aliphatic carbocycles. The van der Waals surface area contributed by atoms with Gasteiger partial charge in [-0.15, -0.1) is 0 Å². The normalized spacial score (nSPS) is 14.3. The Labute approximate surface area is 152 Å². The first-order chi connectivity index (χ1) is 11.9. The average molecular weight is 379 g/mol. The fraction of sp³-hybridized carbons (Fsp3) is 0.278. The van der Waals surface area contributed by atoms with Gasteiger partial charge < -0.3 is 5.32 Å². The van der Waals surface area contributed by atoms with Crippen LogP contribution in [0.2, 0.25) is 5.02 Å². The topological polar surface area (TPSA) is 75.3 Å². The van der Waals surface area contributed by atoms with Crippen molar-refractivity contribution in [3.8, 4) is 0 Å². The first kappa shape index (κ1) is 17.9. The van der Waals surface area contributed by atoms with Crippen molar-refractivity contribution in [1.29, 1.82) is 0 Å². The van der Waals surface area contributed by atoms with E-state index in [1.165, 1.54) is 12.1 Å². The summed E-state index contributed by atoms with van der Waals surface area (Å²) in [5.74, 6) is -0.300. The third-order valence-electron chi connectivity index (χ3n) is 3.89. The maximum Gasteiger partial charge on any atom is 0.251 e. The maximum atomic E-state index is 12.3. The summed E-state index contributed by atoms with van der Waals surface area (Å²) in [5.41, 5.74) is 1.35. The molecule has 1 saturated carbocycles. The molecule has 132 valence electrons. The molecule has 1 amide bonds. The summed E-state index contributed by atoms with van der Waals surface area (Å²) in [6, 6.07) is 13.6. The highest BCUT2D eigenvalue weighted by atomic mass is 35.5. The van der Waals surface area contributed by atoms with Gasteiger partial charge in [0.05, 0.1) is 4.90 Å². The second-order valence-corrected chi connectivity index (χ2v) is 8.21. The van der Waals surface area contributed by atoms with Crippen molar-refractivity contribution in [2.75, 3.05) is 6.54 Å². The summed E-state index contributed by atoms with van der Waals surface area (Å²) in [5, 5.41) is 3.46. The molecule has 0 unspecified atom stereocenters. The second kappa shape index (κ2) is 7.56. The van der Waals surface area contributed by atoms with Crippen LogP contribution in [0.3, 0.4) is 0 Å². The van der Waals surface area contributed by atoms with Crippen LogP contribution in [0, 0.1) is 0 Å². The predicted molar refractivity (Wildman–Crippen MR) is 97.3 cm³/mol. The number of benzene rings is 2. The van der Waals surface area contributed by atoms with Crippen molar-refractivity contribution < 1.29 is 13.2 Å². The molecule has 2 N–H and O–H groups in total. The van der Waals surface area contributed by atoms with Gasteiger partial charge in [-0.1, -0.05) is 29.8 Å². The Balaban J connectivity index is 1.61. The molecule has 2 aromatic rings. The minimum Gasteiger partial charge on any atom is -0.352 e. The summed E-state index contributed by atoms with van der Waals surface area (Å²) in [7, 11) is -3.57. The second-order valence-electron chi connectivity index (χ2n) is 6.06. The third kappa shape index (κ3) is 5.04. The van der Waals surface area contributed by atoms with Gasteiger partial charge in [-0.05, 0) is 55.2 Å². The molecule has 25 heavy (non-hydrogen) atoms. The van der Waals surface area contributed by atoms with E-state index in [4.69, 9.17) is 11.6 Å². The smallest absolute Gasteiger partial charge is 0.251 e. The predicted octanol–water partition coefficient (Wildman–Crippen LogP) is 2.75. The number of carbonyl (C=O) groups excluding carboxylic acids is 1. The third-order valence-corrected chi connectivity index (χ3v) is 5.65. The maximum absolute atomic E-state index is 12.3. The van der Waals surface area contributed by atoms with Crippen molar-refractivity contribution in [3.63, 3.8) is 0 Å². The van der Waals surface area contributed by atoms with Crippen LogP contribution >= 0.6 is 11.6 Å². The van der Waals surface area contributed by atoms with Gasteiger partial charge in [0, 0.05) is 23.2 Å². The highest BCUT2D eigenvalue weighted by Gasteiger charge is 2.28. The lowest BCUT2D eigenvalue weighted by molar-refractivity contribution is 0.0954. The van der Waals surface area contributed by atoms with Crippen molar-refractivity contribution >= 4 is 27.5 Å². The lowest BCUT2D eigenvalue weighted by Crippen LogP contribution is -2.28. The Kier molecular flexibility index (Phi) is 5.42. The Morgan fingerprint density at radius 3 is 2.60 bits per heavy atom. The van der Waals surface area contributed by atoms with Gasteiger partial charge in [-0.3, -0.25) is 4.79 Å². The molecule has 0 saturated heterocycles. The largest absolute Gasteiger partial charge is 0.352 e. The van der Waals surface area contributed by atoms with Gasteiger partial charge in [0.1, 0.15) is 0 Å². The molecule has 7 heteroatoms. The molecule has 0 aromatic heterocycles. The molecule has 0 spiro atoms. The van der Waals surface area contributed by atoms with E-state index in [0.29, 0.717) is 23.6 Å². The molecule has 0 aliphatic heterocycles. The van der Waals surface area contributed by atoms with E-state index in [2.05, 4.69) is 10.0 Å². The Morgan fingerprint density at radius 2 is 1.88 bits per heavy atom. The number of hydrogen-bond acceptors (Lipinski definition) is 3. The van der Waals surface area contributed by atoms with Crippen LogP contribution in [0.1, 0.15) is 28.8 Å². The molecule has 0 heterocycles. The zero-order chi connectivity index (χ0) is 17.9. The summed E-state index contributed by atoms with van der Waals surface area (Å²) in [6.07, 6.45) is 2.37. The fourth-order valence-electron chi connectivity index (χ4n) is 2.41. The number of rotatable bonds is 7. The molecule has 0 bridgehead atoms. The summed E-state index contributed by atoms with van der Waals surface area (Å²) >= 11 is 5.93. The number of nitrogens with one attached hydrogen (secondary N) is 2. The number of hydrogen-bond donors (Lipinski definition) is 2. The van der Waals surface area contributed by atoms with E-state index in [0.717, 1.165) is 18.4 Å². The van der Waals surface area contributed by atoms with Crippen molar-refractivity contribution in [1.82, 2.24) is 10.0 Å². The van der Waals surface area contributed by atoms with Crippen LogP contribution in [0.5, 0.6) is 0 Å². The minimum absolute atomic E-state index is 0.0279. The lowest BCUT2D eigenvalue weighted by Gasteiger charge is -2.09. The van der Waals surface area contributed by atoms with Gasteiger partial charge in [0.2, 0.25) is 10.0 Å². The molecular weight excluding hydrogens is 360 g/mol. The summed E-state index contributed by atoms with van der Waals surface area (Å²) < 4.78 is 27.1. The molecule has 2 aromatic carbocycles. The van der Waals surface area contributed by atoms with Crippen molar-refractivity contribution in [2.45, 2.75) is 30.2 Å². The molecule has 3 rings (SSSR count). The Bertz CT molecular complexity index is 879. The van der Waals surface area contributed by atoms with Crippen molar-refractivity contribution in [3.05, 3.63) is 64.7 Å². The highest BCUT2D eigenvalue weighted by molar-refractivity contribution is 7.89. The Morgan fingerprint density at radius 1 is 1.12 bits per heavy atom. The van der Waals surface area contributed by atoms with Crippen LogP contribution in [-0.2, 0) is 16.4 Å². The first-order valence-corrected chi connectivity index (χ1v) is 9.95. The van der Waals surface area contributed by atoms with E-state index in [1.54, 1.807) is 18.2 Å².